The van der Waals surface area contributed by atoms with E-state index < -0.39 is 11.1 Å². The van der Waals surface area contributed by atoms with Crippen molar-refractivity contribution in [1.82, 2.24) is 0 Å². The highest BCUT2D eigenvalue weighted by molar-refractivity contribution is 9.09. The van der Waals surface area contributed by atoms with Crippen molar-refractivity contribution in [2.75, 3.05) is 0 Å². The van der Waals surface area contributed by atoms with Crippen molar-refractivity contribution < 1.29 is 10.2 Å². The van der Waals surface area contributed by atoms with Crippen LogP contribution in [0.15, 0.2) is 30.3 Å². The standard InChI is InChI=1S/C9H11BrO2/c10-9(12)6-8(11)7-4-2-1-3-5-7/h1-5,8-9,11-12H,6H2. The number of benzene rings is 1. The first-order valence-electron chi connectivity index (χ1n) is 3.75. The van der Waals surface area contributed by atoms with Crippen LogP contribution in [0.2, 0.25) is 0 Å². The molecule has 0 saturated carbocycles. The summed E-state index contributed by atoms with van der Waals surface area (Å²) in [5.74, 6) is 0. The highest BCUT2D eigenvalue weighted by Crippen LogP contribution is 2.19. The maximum atomic E-state index is 9.50. The minimum atomic E-state index is -0.646. The predicted octanol–water partition coefficient (Wildman–Crippen LogP) is 1.82. The van der Waals surface area contributed by atoms with E-state index in [1.807, 2.05) is 30.3 Å². The molecule has 0 spiro atoms. The van der Waals surface area contributed by atoms with Crippen LogP contribution in [-0.4, -0.2) is 15.2 Å². The third-order valence-electron chi connectivity index (χ3n) is 1.60. The molecular weight excluding hydrogens is 220 g/mol. The van der Waals surface area contributed by atoms with Gasteiger partial charge in [-0.1, -0.05) is 46.3 Å². The van der Waals surface area contributed by atoms with Crippen LogP contribution in [0.4, 0.5) is 0 Å². The first-order chi connectivity index (χ1) is 5.70. The molecule has 66 valence electrons. The van der Waals surface area contributed by atoms with Gasteiger partial charge in [0.25, 0.3) is 0 Å². The van der Waals surface area contributed by atoms with Gasteiger partial charge in [0.2, 0.25) is 0 Å². The zero-order chi connectivity index (χ0) is 8.97. The van der Waals surface area contributed by atoms with E-state index in [1.165, 1.54) is 0 Å². The molecule has 0 aromatic heterocycles. The van der Waals surface area contributed by atoms with Crippen molar-refractivity contribution in [1.29, 1.82) is 0 Å². The molecule has 0 radical (unpaired) electrons. The first kappa shape index (κ1) is 9.71. The van der Waals surface area contributed by atoms with E-state index in [-0.39, 0.29) is 0 Å². The number of rotatable bonds is 3. The van der Waals surface area contributed by atoms with Gasteiger partial charge in [0.05, 0.1) is 6.10 Å². The lowest BCUT2D eigenvalue weighted by Gasteiger charge is -2.11. The van der Waals surface area contributed by atoms with E-state index in [0.717, 1.165) is 5.56 Å². The fraction of sp³-hybridized carbons (Fsp3) is 0.333. The van der Waals surface area contributed by atoms with E-state index in [1.54, 1.807) is 0 Å². The quantitative estimate of drug-likeness (QED) is 0.779. The Bertz CT molecular complexity index is 223. The molecule has 0 aliphatic heterocycles. The second kappa shape index (κ2) is 4.60. The van der Waals surface area contributed by atoms with Gasteiger partial charge in [-0.05, 0) is 5.56 Å². The van der Waals surface area contributed by atoms with Crippen molar-refractivity contribution in [3.63, 3.8) is 0 Å². The Kier molecular flexibility index (Phi) is 3.72. The number of aliphatic hydroxyl groups excluding tert-OH is 2. The average Bonchev–Trinajstić information content (AvgIpc) is 2.05. The number of hydrogen-bond acceptors (Lipinski definition) is 2. The predicted molar refractivity (Wildman–Crippen MR) is 51.0 cm³/mol. The zero-order valence-electron chi connectivity index (χ0n) is 6.52. The Morgan fingerprint density at radius 1 is 1.17 bits per heavy atom. The number of aliphatic hydroxyl groups is 2. The van der Waals surface area contributed by atoms with Crippen molar-refractivity contribution in [2.45, 2.75) is 17.5 Å². The number of hydrogen-bond donors (Lipinski definition) is 2. The largest absolute Gasteiger partial charge is 0.388 e. The minimum absolute atomic E-state index is 0.310. The molecule has 2 unspecified atom stereocenters. The molecule has 0 saturated heterocycles. The topological polar surface area (TPSA) is 40.5 Å². The van der Waals surface area contributed by atoms with Crippen molar-refractivity contribution in [3.8, 4) is 0 Å². The molecule has 1 aromatic rings. The van der Waals surface area contributed by atoms with E-state index in [4.69, 9.17) is 5.11 Å². The van der Waals surface area contributed by atoms with E-state index in [2.05, 4.69) is 15.9 Å². The van der Waals surface area contributed by atoms with Crippen LogP contribution < -0.4 is 0 Å². The van der Waals surface area contributed by atoms with Gasteiger partial charge >= 0.3 is 0 Å². The third kappa shape index (κ3) is 2.93. The smallest absolute Gasteiger partial charge is 0.111 e. The first-order valence-corrected chi connectivity index (χ1v) is 4.67. The Morgan fingerprint density at radius 2 is 1.75 bits per heavy atom. The highest BCUT2D eigenvalue weighted by Gasteiger charge is 2.10. The van der Waals surface area contributed by atoms with Crippen LogP contribution in [0.5, 0.6) is 0 Å². The number of halogens is 1. The van der Waals surface area contributed by atoms with Crippen molar-refractivity contribution in [3.05, 3.63) is 35.9 Å². The fourth-order valence-corrected chi connectivity index (χ4v) is 1.35. The zero-order valence-corrected chi connectivity index (χ0v) is 8.11. The summed E-state index contributed by atoms with van der Waals surface area (Å²) >= 11 is 2.97. The van der Waals surface area contributed by atoms with Gasteiger partial charge in [-0.3, -0.25) is 0 Å². The van der Waals surface area contributed by atoms with Gasteiger partial charge < -0.3 is 10.2 Å². The Morgan fingerprint density at radius 3 is 2.25 bits per heavy atom. The summed E-state index contributed by atoms with van der Waals surface area (Å²) in [5, 5.41) is 17.8. The van der Waals surface area contributed by atoms with E-state index in [9.17, 15) is 5.11 Å². The average molecular weight is 231 g/mol. The molecule has 12 heavy (non-hydrogen) atoms. The maximum Gasteiger partial charge on any atom is 0.111 e. The summed E-state index contributed by atoms with van der Waals surface area (Å²) in [6.07, 6.45) is -0.287. The van der Waals surface area contributed by atoms with Crippen LogP contribution in [0.3, 0.4) is 0 Å². The monoisotopic (exact) mass is 230 g/mol. The molecule has 1 aromatic carbocycles. The summed E-state index contributed by atoms with van der Waals surface area (Å²) in [7, 11) is 0. The lowest BCUT2D eigenvalue weighted by molar-refractivity contribution is 0.124. The van der Waals surface area contributed by atoms with Gasteiger partial charge in [-0.25, -0.2) is 0 Å². The lowest BCUT2D eigenvalue weighted by atomic mass is 10.1. The Labute approximate surface area is 80.0 Å². The van der Waals surface area contributed by atoms with Crippen LogP contribution in [0, 0.1) is 0 Å². The molecule has 0 fully saturated rings. The SMILES string of the molecule is OC(Br)CC(O)c1ccccc1. The van der Waals surface area contributed by atoms with Gasteiger partial charge in [-0.15, -0.1) is 0 Å². The molecule has 2 nitrogen and oxygen atoms in total. The summed E-state index contributed by atoms with van der Waals surface area (Å²) in [5.41, 5.74) is 0.830. The summed E-state index contributed by atoms with van der Waals surface area (Å²) < 4.78 is 0. The molecule has 1 rings (SSSR count). The van der Waals surface area contributed by atoms with E-state index in [0.29, 0.717) is 6.42 Å². The van der Waals surface area contributed by atoms with E-state index >= 15 is 0 Å². The normalized spacial score (nSPS) is 15.6. The molecule has 2 N–H and O–H groups in total. The van der Waals surface area contributed by atoms with Crippen molar-refractivity contribution >= 4 is 15.9 Å². The summed E-state index contributed by atoms with van der Waals surface area (Å²) in [6, 6.07) is 9.28. The fourth-order valence-electron chi connectivity index (χ4n) is 0.996. The summed E-state index contributed by atoms with van der Waals surface area (Å²) in [4.78, 5) is 0. The Balaban J connectivity index is 2.59. The molecule has 2 atom stereocenters. The molecule has 0 heterocycles. The molecule has 0 aliphatic rings. The van der Waals surface area contributed by atoms with Gasteiger partial charge in [0.15, 0.2) is 0 Å². The maximum absolute atomic E-state index is 9.50. The lowest BCUT2D eigenvalue weighted by Crippen LogP contribution is -2.05. The third-order valence-corrected chi connectivity index (χ3v) is 1.98. The van der Waals surface area contributed by atoms with Crippen LogP contribution >= 0.6 is 15.9 Å². The van der Waals surface area contributed by atoms with Crippen LogP contribution in [-0.2, 0) is 0 Å². The second-order valence-electron chi connectivity index (χ2n) is 2.60. The molecule has 0 bridgehead atoms. The Hall–Kier alpha value is -0.380. The second-order valence-corrected chi connectivity index (χ2v) is 3.65. The van der Waals surface area contributed by atoms with Gasteiger partial charge in [0, 0.05) is 6.42 Å². The van der Waals surface area contributed by atoms with Crippen LogP contribution in [0.1, 0.15) is 18.1 Å². The molecule has 0 aliphatic carbocycles. The molecule has 3 heteroatoms. The summed E-state index contributed by atoms with van der Waals surface area (Å²) in [6.45, 7) is 0. The molecule has 0 amide bonds. The van der Waals surface area contributed by atoms with Crippen LogP contribution in [0.25, 0.3) is 0 Å². The van der Waals surface area contributed by atoms with Gasteiger partial charge in [0.1, 0.15) is 5.01 Å². The van der Waals surface area contributed by atoms with Gasteiger partial charge in [-0.2, -0.15) is 0 Å². The molecular formula is C9H11BrO2. The minimum Gasteiger partial charge on any atom is -0.388 e. The van der Waals surface area contributed by atoms with Crippen molar-refractivity contribution in [2.24, 2.45) is 0 Å². The highest BCUT2D eigenvalue weighted by atomic mass is 79.9. The number of alkyl halides is 1.